The molecule has 3 heteroatoms. The number of benzene rings is 2. The van der Waals surface area contributed by atoms with Gasteiger partial charge in [-0.05, 0) is 30.2 Å². The van der Waals surface area contributed by atoms with E-state index in [9.17, 15) is 0 Å². The minimum Gasteiger partial charge on any atom is -0.371 e. The summed E-state index contributed by atoms with van der Waals surface area (Å²) in [5.74, 6) is 1.13. The summed E-state index contributed by atoms with van der Waals surface area (Å²) in [6, 6.07) is 13.4. The molecule has 2 nitrogen and oxygen atoms in total. The van der Waals surface area contributed by atoms with Gasteiger partial charge in [-0.3, -0.25) is 0 Å². The van der Waals surface area contributed by atoms with E-state index in [2.05, 4.69) is 61.5 Å². The predicted octanol–water partition coefficient (Wildman–Crippen LogP) is 3.49. The smallest absolute Gasteiger partial charge is 0.0446 e. The second-order valence-electron chi connectivity index (χ2n) is 4.91. The molecule has 102 valence electrons. The number of thioether (sulfide) groups is 1. The summed E-state index contributed by atoms with van der Waals surface area (Å²) in [5, 5.41) is 2.56. The average Bonchev–Trinajstić information content (AvgIpc) is 2.45. The van der Waals surface area contributed by atoms with Crippen LogP contribution in [0.2, 0.25) is 0 Å². The van der Waals surface area contributed by atoms with Crippen molar-refractivity contribution in [3.05, 3.63) is 42.0 Å². The second kappa shape index (κ2) is 6.31. The Morgan fingerprint density at radius 1 is 1.16 bits per heavy atom. The quantitative estimate of drug-likeness (QED) is 0.905. The first kappa shape index (κ1) is 14.2. The van der Waals surface area contributed by atoms with Gasteiger partial charge in [0, 0.05) is 36.5 Å². The monoisotopic (exact) mass is 274 g/mol. The minimum atomic E-state index is 0.516. The Labute approximate surface area is 120 Å². The van der Waals surface area contributed by atoms with Crippen LogP contribution in [0.15, 0.2) is 36.4 Å². The highest BCUT2D eigenvalue weighted by atomic mass is 32.2. The second-order valence-corrected chi connectivity index (χ2v) is 5.82. The number of hydrogen-bond acceptors (Lipinski definition) is 3. The first-order valence-electron chi connectivity index (χ1n) is 6.61. The Morgan fingerprint density at radius 3 is 2.47 bits per heavy atom. The summed E-state index contributed by atoms with van der Waals surface area (Å²) >= 11 is 1.88. The maximum Gasteiger partial charge on any atom is 0.0446 e. The van der Waals surface area contributed by atoms with E-state index >= 15 is 0 Å². The zero-order chi connectivity index (χ0) is 13.8. The van der Waals surface area contributed by atoms with Crippen molar-refractivity contribution in [2.24, 2.45) is 5.73 Å². The third kappa shape index (κ3) is 2.88. The molecule has 0 radical (unpaired) electrons. The molecule has 0 bridgehead atoms. The molecule has 2 aromatic carbocycles. The molecular weight excluding hydrogens is 252 g/mol. The molecule has 19 heavy (non-hydrogen) atoms. The molecule has 1 unspecified atom stereocenters. The van der Waals surface area contributed by atoms with Crippen molar-refractivity contribution in [3.63, 3.8) is 0 Å². The number of anilines is 1. The SMILES string of the molecule is CSCC(C)N(C)c1ccc(CN)c2ccccc12. The van der Waals surface area contributed by atoms with Gasteiger partial charge in [-0.2, -0.15) is 11.8 Å². The Balaban J connectivity index is 2.50. The van der Waals surface area contributed by atoms with Crippen LogP contribution in [0.1, 0.15) is 12.5 Å². The largest absolute Gasteiger partial charge is 0.371 e. The highest BCUT2D eigenvalue weighted by molar-refractivity contribution is 7.98. The Kier molecular flexibility index (Phi) is 4.72. The zero-order valence-electron chi connectivity index (χ0n) is 11.9. The van der Waals surface area contributed by atoms with Gasteiger partial charge >= 0.3 is 0 Å². The van der Waals surface area contributed by atoms with Crippen LogP contribution in [-0.2, 0) is 6.54 Å². The first-order chi connectivity index (χ1) is 9.19. The molecule has 0 aliphatic rings. The summed E-state index contributed by atoms with van der Waals surface area (Å²) < 4.78 is 0. The van der Waals surface area contributed by atoms with E-state index in [1.54, 1.807) is 0 Å². The molecule has 0 saturated heterocycles. The third-order valence-electron chi connectivity index (χ3n) is 3.66. The molecule has 0 amide bonds. The number of fused-ring (bicyclic) bond motifs is 1. The lowest BCUT2D eigenvalue weighted by atomic mass is 10.0. The summed E-state index contributed by atoms with van der Waals surface area (Å²) in [6.07, 6.45) is 2.15. The fourth-order valence-corrected chi connectivity index (χ4v) is 3.13. The lowest BCUT2D eigenvalue weighted by Crippen LogP contribution is -2.31. The number of hydrogen-bond donors (Lipinski definition) is 1. The number of rotatable bonds is 5. The maximum absolute atomic E-state index is 5.83. The molecule has 2 N–H and O–H groups in total. The van der Waals surface area contributed by atoms with Gasteiger partial charge in [0.2, 0.25) is 0 Å². The Bertz CT molecular complexity index is 553. The van der Waals surface area contributed by atoms with Crippen LogP contribution in [0.25, 0.3) is 10.8 Å². The first-order valence-corrected chi connectivity index (χ1v) is 8.01. The van der Waals surface area contributed by atoms with Gasteiger partial charge in [0.25, 0.3) is 0 Å². The fourth-order valence-electron chi connectivity index (χ4n) is 2.42. The van der Waals surface area contributed by atoms with Gasteiger partial charge in [0.1, 0.15) is 0 Å². The molecule has 2 aromatic rings. The van der Waals surface area contributed by atoms with Crippen LogP contribution >= 0.6 is 11.8 Å². The molecule has 0 spiro atoms. The molecule has 0 fully saturated rings. The number of nitrogens with zero attached hydrogens (tertiary/aromatic N) is 1. The van der Waals surface area contributed by atoms with Crippen LogP contribution in [0.3, 0.4) is 0 Å². The summed E-state index contributed by atoms with van der Waals surface area (Å²) in [4.78, 5) is 2.36. The highest BCUT2D eigenvalue weighted by Crippen LogP contribution is 2.30. The van der Waals surface area contributed by atoms with Gasteiger partial charge in [0.15, 0.2) is 0 Å². The van der Waals surface area contributed by atoms with Crippen LogP contribution in [0, 0.1) is 0 Å². The van der Waals surface area contributed by atoms with Gasteiger partial charge in [0.05, 0.1) is 0 Å². The topological polar surface area (TPSA) is 29.3 Å². The van der Waals surface area contributed by atoms with Crippen LogP contribution < -0.4 is 10.6 Å². The van der Waals surface area contributed by atoms with E-state index in [-0.39, 0.29) is 0 Å². The Hall–Kier alpha value is -1.19. The van der Waals surface area contributed by atoms with Gasteiger partial charge in [-0.1, -0.05) is 30.3 Å². The van der Waals surface area contributed by atoms with E-state index in [0.29, 0.717) is 12.6 Å². The lowest BCUT2D eigenvalue weighted by molar-refractivity contribution is 0.768. The van der Waals surface area contributed by atoms with Crippen molar-refractivity contribution in [3.8, 4) is 0 Å². The summed E-state index contributed by atoms with van der Waals surface area (Å²) in [5.41, 5.74) is 8.33. The van der Waals surface area contributed by atoms with Gasteiger partial charge < -0.3 is 10.6 Å². The molecule has 1 atom stereocenters. The zero-order valence-corrected chi connectivity index (χ0v) is 12.7. The van der Waals surface area contributed by atoms with Crippen molar-refractivity contribution in [2.45, 2.75) is 19.5 Å². The minimum absolute atomic E-state index is 0.516. The normalized spacial score (nSPS) is 12.6. The molecule has 0 heterocycles. The predicted molar refractivity (Wildman–Crippen MR) is 88.1 cm³/mol. The Morgan fingerprint density at radius 2 is 1.84 bits per heavy atom. The standard InChI is InChI=1S/C16H22N2S/c1-12(11-19-3)18(2)16-9-8-13(10-17)14-6-4-5-7-15(14)16/h4-9,12H,10-11,17H2,1-3H3. The van der Waals surface area contributed by atoms with Crippen molar-refractivity contribution in [1.29, 1.82) is 0 Å². The molecule has 0 saturated carbocycles. The van der Waals surface area contributed by atoms with Gasteiger partial charge in [-0.15, -0.1) is 0 Å². The summed E-state index contributed by atoms with van der Waals surface area (Å²) in [7, 11) is 2.17. The van der Waals surface area contributed by atoms with Crippen LogP contribution in [0.5, 0.6) is 0 Å². The molecule has 0 aromatic heterocycles. The molecular formula is C16H22N2S. The van der Waals surface area contributed by atoms with Gasteiger partial charge in [-0.25, -0.2) is 0 Å². The highest BCUT2D eigenvalue weighted by Gasteiger charge is 2.13. The van der Waals surface area contributed by atoms with E-state index in [4.69, 9.17) is 5.73 Å². The van der Waals surface area contributed by atoms with Crippen molar-refractivity contribution in [2.75, 3.05) is 24.0 Å². The maximum atomic E-state index is 5.83. The molecule has 2 rings (SSSR count). The third-order valence-corrected chi connectivity index (χ3v) is 4.48. The molecule has 0 aliphatic carbocycles. The van der Waals surface area contributed by atoms with E-state index in [1.807, 2.05) is 11.8 Å². The van der Waals surface area contributed by atoms with Crippen LogP contribution in [-0.4, -0.2) is 25.1 Å². The average molecular weight is 274 g/mol. The van der Waals surface area contributed by atoms with E-state index in [0.717, 1.165) is 5.75 Å². The number of nitrogens with two attached hydrogens (primary N) is 1. The van der Waals surface area contributed by atoms with E-state index in [1.165, 1.54) is 22.0 Å². The van der Waals surface area contributed by atoms with Crippen molar-refractivity contribution in [1.82, 2.24) is 0 Å². The molecule has 0 aliphatic heterocycles. The van der Waals surface area contributed by atoms with Crippen LogP contribution in [0.4, 0.5) is 5.69 Å². The van der Waals surface area contributed by atoms with Crippen molar-refractivity contribution < 1.29 is 0 Å². The summed E-state index contributed by atoms with van der Waals surface area (Å²) in [6.45, 7) is 2.85. The van der Waals surface area contributed by atoms with E-state index < -0.39 is 0 Å². The lowest BCUT2D eigenvalue weighted by Gasteiger charge is -2.28. The van der Waals surface area contributed by atoms with Crippen molar-refractivity contribution >= 4 is 28.2 Å². The fraction of sp³-hybridized carbons (Fsp3) is 0.375.